The van der Waals surface area contributed by atoms with Crippen molar-refractivity contribution in [2.45, 2.75) is 6.92 Å². The summed E-state index contributed by atoms with van der Waals surface area (Å²) < 4.78 is 0. The maximum absolute atomic E-state index is 11.2. The van der Waals surface area contributed by atoms with Crippen LogP contribution >= 0.6 is 0 Å². The van der Waals surface area contributed by atoms with Gasteiger partial charge in [0.05, 0.1) is 16.8 Å². The third-order valence-corrected chi connectivity index (χ3v) is 2.82. The zero-order chi connectivity index (χ0) is 14.7. The van der Waals surface area contributed by atoms with Crippen molar-refractivity contribution < 1.29 is 19.8 Å². The van der Waals surface area contributed by atoms with Crippen LogP contribution in [0.25, 0.3) is 0 Å². The van der Waals surface area contributed by atoms with Crippen molar-refractivity contribution in [3.8, 4) is 0 Å². The lowest BCUT2D eigenvalue weighted by atomic mass is 10.1. The fourth-order valence-corrected chi connectivity index (χ4v) is 1.80. The van der Waals surface area contributed by atoms with Crippen molar-refractivity contribution in [2.75, 3.05) is 5.32 Å². The summed E-state index contributed by atoms with van der Waals surface area (Å²) in [7, 11) is 0. The monoisotopic (exact) mass is 271 g/mol. The Morgan fingerprint density at radius 3 is 2.15 bits per heavy atom. The van der Waals surface area contributed by atoms with Gasteiger partial charge in [-0.05, 0) is 43.3 Å². The molecule has 0 amide bonds. The summed E-state index contributed by atoms with van der Waals surface area (Å²) in [6.07, 6.45) is 0. The molecule has 0 saturated carbocycles. The standard InChI is InChI=1S/C15H13NO4/c1-9-2-7-13(12(8-9)15(19)20)16-11-5-3-10(4-6-11)14(17)18/h2-8,16H,1H3,(H,17,18)(H,19,20). The van der Waals surface area contributed by atoms with Crippen LogP contribution in [-0.2, 0) is 0 Å². The van der Waals surface area contributed by atoms with Crippen LogP contribution in [0.1, 0.15) is 26.3 Å². The fraction of sp³-hybridized carbons (Fsp3) is 0.0667. The zero-order valence-corrected chi connectivity index (χ0v) is 10.8. The number of carbonyl (C=O) groups is 2. The van der Waals surface area contributed by atoms with E-state index in [4.69, 9.17) is 10.2 Å². The van der Waals surface area contributed by atoms with Gasteiger partial charge in [-0.15, -0.1) is 0 Å². The topological polar surface area (TPSA) is 86.6 Å². The van der Waals surface area contributed by atoms with Gasteiger partial charge in [0.15, 0.2) is 0 Å². The summed E-state index contributed by atoms with van der Waals surface area (Å²) in [5, 5.41) is 21.0. The van der Waals surface area contributed by atoms with Crippen LogP contribution in [0, 0.1) is 6.92 Å². The molecule has 2 aromatic rings. The van der Waals surface area contributed by atoms with E-state index in [9.17, 15) is 9.59 Å². The Bertz CT molecular complexity index is 662. The van der Waals surface area contributed by atoms with Crippen molar-refractivity contribution in [2.24, 2.45) is 0 Å². The first kappa shape index (κ1) is 13.6. The number of nitrogens with one attached hydrogen (secondary N) is 1. The molecular weight excluding hydrogens is 258 g/mol. The number of aryl methyl sites for hydroxylation is 1. The smallest absolute Gasteiger partial charge is 0.337 e. The van der Waals surface area contributed by atoms with Crippen molar-refractivity contribution in [3.63, 3.8) is 0 Å². The minimum absolute atomic E-state index is 0.173. The molecule has 20 heavy (non-hydrogen) atoms. The Labute approximate surface area is 115 Å². The van der Waals surface area contributed by atoms with Gasteiger partial charge in [0.1, 0.15) is 0 Å². The van der Waals surface area contributed by atoms with Gasteiger partial charge < -0.3 is 15.5 Å². The molecule has 2 rings (SSSR count). The molecular formula is C15H13NO4. The van der Waals surface area contributed by atoms with Crippen molar-refractivity contribution in [3.05, 3.63) is 59.2 Å². The average molecular weight is 271 g/mol. The van der Waals surface area contributed by atoms with Gasteiger partial charge in [-0.1, -0.05) is 11.6 Å². The van der Waals surface area contributed by atoms with Gasteiger partial charge in [0, 0.05) is 5.69 Å². The first-order valence-electron chi connectivity index (χ1n) is 5.91. The van der Waals surface area contributed by atoms with Gasteiger partial charge in [-0.3, -0.25) is 0 Å². The Morgan fingerprint density at radius 2 is 1.60 bits per heavy atom. The molecule has 3 N–H and O–H groups in total. The van der Waals surface area contributed by atoms with Crippen LogP contribution in [0.2, 0.25) is 0 Å². The highest BCUT2D eigenvalue weighted by Gasteiger charge is 2.10. The zero-order valence-electron chi connectivity index (χ0n) is 10.8. The van der Waals surface area contributed by atoms with Crippen LogP contribution in [-0.4, -0.2) is 22.2 Å². The summed E-state index contributed by atoms with van der Waals surface area (Å²) in [5.74, 6) is -2.02. The minimum atomic E-state index is -1.02. The van der Waals surface area contributed by atoms with E-state index in [1.807, 2.05) is 6.92 Å². The molecule has 0 heterocycles. The first-order valence-corrected chi connectivity index (χ1v) is 5.91. The lowest BCUT2D eigenvalue weighted by Gasteiger charge is -2.10. The average Bonchev–Trinajstić information content (AvgIpc) is 2.41. The summed E-state index contributed by atoms with van der Waals surface area (Å²) in [6, 6.07) is 11.2. The Kier molecular flexibility index (Phi) is 3.70. The quantitative estimate of drug-likeness (QED) is 0.795. The summed E-state index contributed by atoms with van der Waals surface area (Å²) in [6.45, 7) is 1.82. The SMILES string of the molecule is Cc1ccc(Nc2ccc(C(=O)O)cc2)c(C(=O)O)c1. The molecule has 0 aromatic heterocycles. The maximum Gasteiger partial charge on any atom is 0.337 e. The number of hydrogen-bond donors (Lipinski definition) is 3. The second-order valence-electron chi connectivity index (χ2n) is 4.36. The normalized spacial score (nSPS) is 10.1. The Morgan fingerprint density at radius 1 is 0.950 bits per heavy atom. The largest absolute Gasteiger partial charge is 0.478 e. The predicted octanol–water partition coefficient (Wildman–Crippen LogP) is 3.14. The molecule has 0 radical (unpaired) electrons. The summed E-state index contributed by atoms with van der Waals surface area (Å²) >= 11 is 0. The lowest BCUT2D eigenvalue weighted by molar-refractivity contribution is 0.0686. The van der Waals surface area contributed by atoms with E-state index >= 15 is 0 Å². The van der Waals surface area contributed by atoms with Crippen LogP contribution in [0.15, 0.2) is 42.5 Å². The number of anilines is 2. The predicted molar refractivity (Wildman–Crippen MR) is 74.8 cm³/mol. The van der Waals surface area contributed by atoms with E-state index in [1.165, 1.54) is 12.1 Å². The number of rotatable bonds is 4. The third-order valence-electron chi connectivity index (χ3n) is 2.82. The first-order chi connectivity index (χ1) is 9.47. The van der Waals surface area contributed by atoms with E-state index in [0.29, 0.717) is 11.4 Å². The number of carboxylic acid groups (broad SMARTS) is 2. The lowest BCUT2D eigenvalue weighted by Crippen LogP contribution is -2.03. The molecule has 0 spiro atoms. The second kappa shape index (κ2) is 5.44. The van der Waals surface area contributed by atoms with Gasteiger partial charge in [0.2, 0.25) is 0 Å². The van der Waals surface area contributed by atoms with Crippen molar-refractivity contribution in [1.82, 2.24) is 0 Å². The molecule has 0 unspecified atom stereocenters. The molecule has 5 nitrogen and oxygen atoms in total. The third kappa shape index (κ3) is 2.95. The van der Waals surface area contributed by atoms with Crippen molar-refractivity contribution >= 4 is 23.3 Å². The molecule has 102 valence electrons. The van der Waals surface area contributed by atoms with Crippen LogP contribution < -0.4 is 5.32 Å². The van der Waals surface area contributed by atoms with Crippen LogP contribution in [0.3, 0.4) is 0 Å². The van der Waals surface area contributed by atoms with Crippen molar-refractivity contribution in [1.29, 1.82) is 0 Å². The molecule has 0 bridgehead atoms. The molecule has 0 fully saturated rings. The minimum Gasteiger partial charge on any atom is -0.478 e. The second-order valence-corrected chi connectivity index (χ2v) is 4.36. The maximum atomic E-state index is 11.2. The molecule has 0 aliphatic heterocycles. The number of hydrogen-bond acceptors (Lipinski definition) is 3. The number of aromatic carboxylic acids is 2. The van der Waals surface area contributed by atoms with Gasteiger partial charge >= 0.3 is 11.9 Å². The van der Waals surface area contributed by atoms with E-state index in [1.54, 1.807) is 30.3 Å². The van der Waals surface area contributed by atoms with Gasteiger partial charge in [-0.2, -0.15) is 0 Å². The Balaban J connectivity index is 2.30. The number of benzene rings is 2. The van der Waals surface area contributed by atoms with E-state index in [-0.39, 0.29) is 11.1 Å². The molecule has 0 saturated heterocycles. The molecule has 0 atom stereocenters. The summed E-state index contributed by atoms with van der Waals surface area (Å²) in [4.78, 5) is 21.9. The summed E-state index contributed by atoms with van der Waals surface area (Å²) in [5.41, 5.74) is 2.30. The van der Waals surface area contributed by atoms with Gasteiger partial charge in [0.25, 0.3) is 0 Å². The van der Waals surface area contributed by atoms with E-state index in [0.717, 1.165) is 5.56 Å². The van der Waals surface area contributed by atoms with Crippen LogP contribution in [0.5, 0.6) is 0 Å². The Hall–Kier alpha value is -2.82. The molecule has 0 aliphatic carbocycles. The highest BCUT2D eigenvalue weighted by atomic mass is 16.4. The molecule has 2 aromatic carbocycles. The van der Waals surface area contributed by atoms with E-state index < -0.39 is 11.9 Å². The fourth-order valence-electron chi connectivity index (χ4n) is 1.80. The highest BCUT2D eigenvalue weighted by Crippen LogP contribution is 2.22. The molecule has 5 heteroatoms. The molecule has 0 aliphatic rings. The number of carboxylic acids is 2. The van der Waals surface area contributed by atoms with Crippen LogP contribution in [0.4, 0.5) is 11.4 Å². The van der Waals surface area contributed by atoms with Gasteiger partial charge in [-0.25, -0.2) is 9.59 Å². The highest BCUT2D eigenvalue weighted by molar-refractivity contribution is 5.95. The van der Waals surface area contributed by atoms with E-state index in [2.05, 4.69) is 5.32 Å².